The molecule has 0 unspecified atom stereocenters. The maximum Gasteiger partial charge on any atom is 0.244 e. The Balaban J connectivity index is 2.01. The second-order valence-corrected chi connectivity index (χ2v) is 5.60. The molecule has 0 radical (unpaired) electrons. The van der Waals surface area contributed by atoms with Crippen LogP contribution in [0.3, 0.4) is 0 Å². The molecule has 0 bridgehead atoms. The zero-order valence-corrected chi connectivity index (χ0v) is 14.8. The number of benzene rings is 1. The van der Waals surface area contributed by atoms with Gasteiger partial charge in [-0.1, -0.05) is 6.92 Å². The average molecular weight is 348 g/mol. The molecule has 0 aromatic heterocycles. The molecule has 2 N–H and O–H groups in total. The molecule has 0 fully saturated rings. The van der Waals surface area contributed by atoms with Gasteiger partial charge in [0.15, 0.2) is 11.5 Å². The van der Waals surface area contributed by atoms with Crippen molar-refractivity contribution in [3.63, 3.8) is 0 Å². The molecule has 0 spiro atoms. The molecular weight excluding hydrogens is 324 g/mol. The van der Waals surface area contributed by atoms with E-state index in [4.69, 9.17) is 14.2 Å². The first-order valence-corrected chi connectivity index (χ1v) is 8.29. The van der Waals surface area contributed by atoms with Crippen molar-refractivity contribution in [3.05, 3.63) is 23.8 Å². The van der Waals surface area contributed by atoms with E-state index in [1.165, 1.54) is 6.08 Å². The van der Waals surface area contributed by atoms with Gasteiger partial charge in [0.25, 0.3) is 0 Å². The quantitative estimate of drug-likeness (QED) is 0.730. The minimum absolute atomic E-state index is 0.204. The second-order valence-electron chi connectivity index (χ2n) is 5.60. The van der Waals surface area contributed by atoms with Crippen molar-refractivity contribution in [3.8, 4) is 17.2 Å². The van der Waals surface area contributed by atoms with E-state index >= 15 is 0 Å². The normalized spacial score (nSPS) is 14.0. The van der Waals surface area contributed by atoms with Crippen LogP contribution in [0, 0.1) is 0 Å². The van der Waals surface area contributed by atoms with Crippen molar-refractivity contribution in [2.45, 2.75) is 26.3 Å². The Morgan fingerprint density at radius 1 is 1.32 bits per heavy atom. The van der Waals surface area contributed by atoms with Crippen LogP contribution in [0.15, 0.2) is 18.2 Å². The number of hydrogen-bond acceptors (Lipinski definition) is 5. The average Bonchev–Trinajstić information content (AvgIpc) is 2.63. The highest BCUT2D eigenvalue weighted by Crippen LogP contribution is 2.40. The van der Waals surface area contributed by atoms with Crippen LogP contribution < -0.4 is 24.8 Å². The van der Waals surface area contributed by atoms with Crippen LogP contribution in [0.25, 0.3) is 6.08 Å². The highest BCUT2D eigenvalue weighted by Gasteiger charge is 2.18. The molecule has 7 heteroatoms. The molecule has 1 atom stereocenters. The number of nitrogens with one attached hydrogen (secondary N) is 2. The lowest BCUT2D eigenvalue weighted by Gasteiger charge is -2.20. The Morgan fingerprint density at radius 3 is 2.80 bits per heavy atom. The summed E-state index contributed by atoms with van der Waals surface area (Å²) in [6.07, 6.45) is 3.85. The van der Waals surface area contributed by atoms with Gasteiger partial charge in [-0.05, 0) is 37.1 Å². The van der Waals surface area contributed by atoms with Crippen molar-refractivity contribution in [1.82, 2.24) is 10.6 Å². The minimum Gasteiger partial charge on any atom is -0.493 e. The number of carbonyl (C=O) groups excluding carboxylic acids is 2. The predicted octanol–water partition coefficient (Wildman–Crippen LogP) is 1.51. The van der Waals surface area contributed by atoms with Gasteiger partial charge in [-0.2, -0.15) is 0 Å². The Morgan fingerprint density at radius 2 is 2.08 bits per heavy atom. The number of carbonyl (C=O) groups is 2. The molecule has 2 rings (SSSR count). The summed E-state index contributed by atoms with van der Waals surface area (Å²) in [7, 11) is 1.55. The molecule has 1 heterocycles. The van der Waals surface area contributed by atoms with Crippen molar-refractivity contribution in [2.75, 3.05) is 26.9 Å². The number of hydrogen-bond donors (Lipinski definition) is 2. The van der Waals surface area contributed by atoms with Gasteiger partial charge < -0.3 is 24.8 Å². The summed E-state index contributed by atoms with van der Waals surface area (Å²) >= 11 is 0. The first kappa shape index (κ1) is 18.6. The Labute approximate surface area is 147 Å². The summed E-state index contributed by atoms with van der Waals surface area (Å²) in [5, 5.41) is 5.36. The molecule has 1 aromatic rings. The van der Waals surface area contributed by atoms with Gasteiger partial charge in [0, 0.05) is 12.6 Å². The number of amides is 2. The standard InChI is InChI=1S/C18H24N2O5/c1-4-7-19-18(22)12(2)20-16(21)6-5-13-10-14(23-3)17-15(11-13)24-8-9-25-17/h5-6,10-12H,4,7-9H2,1-3H3,(H,19,22)(H,20,21)/b6-5+/t12-/m0/s1. The maximum absolute atomic E-state index is 12.0. The van der Waals surface area contributed by atoms with Gasteiger partial charge in [0.1, 0.15) is 19.3 Å². The molecule has 136 valence electrons. The van der Waals surface area contributed by atoms with Crippen LogP contribution in [0.4, 0.5) is 0 Å². The summed E-state index contributed by atoms with van der Waals surface area (Å²) in [5.41, 5.74) is 0.735. The van der Waals surface area contributed by atoms with Crippen LogP contribution in [0.1, 0.15) is 25.8 Å². The Bertz CT molecular complexity index is 640. The fourth-order valence-corrected chi connectivity index (χ4v) is 2.29. The molecule has 1 aliphatic heterocycles. The zero-order valence-electron chi connectivity index (χ0n) is 14.8. The highest BCUT2D eigenvalue weighted by molar-refractivity contribution is 5.95. The Kier molecular flexibility index (Phi) is 6.68. The number of ether oxygens (including phenoxy) is 3. The van der Waals surface area contributed by atoms with E-state index in [1.54, 1.807) is 32.2 Å². The SMILES string of the molecule is CCCNC(=O)[C@H](C)NC(=O)/C=C/c1cc(OC)c2c(c1)OCCO2. The third-order valence-electron chi connectivity index (χ3n) is 3.58. The van der Waals surface area contributed by atoms with Gasteiger partial charge >= 0.3 is 0 Å². The number of fused-ring (bicyclic) bond motifs is 1. The zero-order chi connectivity index (χ0) is 18.2. The van der Waals surface area contributed by atoms with Crippen molar-refractivity contribution in [1.29, 1.82) is 0 Å². The molecule has 1 aromatic carbocycles. The van der Waals surface area contributed by atoms with Gasteiger partial charge in [0.2, 0.25) is 17.6 Å². The highest BCUT2D eigenvalue weighted by atomic mass is 16.6. The fraction of sp³-hybridized carbons (Fsp3) is 0.444. The molecule has 0 saturated carbocycles. The first-order chi connectivity index (χ1) is 12.0. The van der Waals surface area contributed by atoms with Gasteiger partial charge in [0.05, 0.1) is 7.11 Å². The van der Waals surface area contributed by atoms with Crippen molar-refractivity contribution in [2.24, 2.45) is 0 Å². The topological polar surface area (TPSA) is 85.9 Å². The van der Waals surface area contributed by atoms with E-state index in [2.05, 4.69) is 10.6 Å². The lowest BCUT2D eigenvalue weighted by atomic mass is 10.1. The third-order valence-corrected chi connectivity index (χ3v) is 3.58. The molecule has 0 aliphatic carbocycles. The monoisotopic (exact) mass is 348 g/mol. The molecule has 0 saturated heterocycles. The van der Waals surface area contributed by atoms with Crippen molar-refractivity contribution < 1.29 is 23.8 Å². The predicted molar refractivity (Wildman–Crippen MR) is 93.9 cm³/mol. The van der Waals surface area contributed by atoms with Crippen LogP contribution in [0.5, 0.6) is 17.2 Å². The lowest BCUT2D eigenvalue weighted by molar-refractivity contribution is -0.126. The summed E-state index contributed by atoms with van der Waals surface area (Å²) in [5.74, 6) is 1.14. The van der Waals surface area contributed by atoms with E-state index < -0.39 is 6.04 Å². The molecular formula is C18H24N2O5. The molecule has 2 amide bonds. The van der Waals surface area contributed by atoms with E-state index in [0.717, 1.165) is 12.0 Å². The maximum atomic E-state index is 12.0. The van der Waals surface area contributed by atoms with E-state index in [0.29, 0.717) is 37.0 Å². The van der Waals surface area contributed by atoms with E-state index in [9.17, 15) is 9.59 Å². The molecule has 25 heavy (non-hydrogen) atoms. The summed E-state index contributed by atoms with van der Waals surface area (Å²) in [6, 6.07) is 2.94. The van der Waals surface area contributed by atoms with Crippen LogP contribution >= 0.6 is 0 Å². The summed E-state index contributed by atoms with van der Waals surface area (Å²) in [4.78, 5) is 23.7. The van der Waals surface area contributed by atoms with Gasteiger partial charge in [-0.25, -0.2) is 0 Å². The van der Waals surface area contributed by atoms with Gasteiger partial charge in [-0.3, -0.25) is 9.59 Å². The van der Waals surface area contributed by atoms with Gasteiger partial charge in [-0.15, -0.1) is 0 Å². The number of rotatable bonds is 7. The first-order valence-electron chi connectivity index (χ1n) is 8.29. The van der Waals surface area contributed by atoms with Crippen LogP contribution in [-0.2, 0) is 9.59 Å². The third kappa shape index (κ3) is 5.14. The van der Waals surface area contributed by atoms with Crippen LogP contribution in [-0.4, -0.2) is 44.7 Å². The summed E-state index contributed by atoms with van der Waals surface area (Å²) < 4.78 is 16.4. The lowest BCUT2D eigenvalue weighted by Crippen LogP contribution is -2.44. The Hall–Kier alpha value is -2.70. The molecule has 1 aliphatic rings. The second kappa shape index (κ2) is 8.96. The smallest absolute Gasteiger partial charge is 0.244 e. The summed E-state index contributed by atoms with van der Waals surface area (Å²) in [6.45, 7) is 5.14. The van der Waals surface area contributed by atoms with Crippen molar-refractivity contribution >= 4 is 17.9 Å². The molecule has 7 nitrogen and oxygen atoms in total. The van der Waals surface area contributed by atoms with E-state index in [1.807, 2.05) is 6.92 Å². The minimum atomic E-state index is -0.599. The number of methoxy groups -OCH3 is 1. The van der Waals surface area contributed by atoms with Crippen LogP contribution in [0.2, 0.25) is 0 Å². The largest absolute Gasteiger partial charge is 0.493 e. The van der Waals surface area contributed by atoms with E-state index in [-0.39, 0.29) is 11.8 Å². The fourth-order valence-electron chi connectivity index (χ4n) is 2.29.